The minimum absolute atomic E-state index is 0.215. The molecule has 0 aliphatic rings. The summed E-state index contributed by atoms with van der Waals surface area (Å²) in [6.07, 6.45) is 0. The topological polar surface area (TPSA) is 73.4 Å². The van der Waals surface area contributed by atoms with Gasteiger partial charge in [-0.3, -0.25) is 4.79 Å². The second kappa shape index (κ2) is 4.52. The van der Waals surface area contributed by atoms with Crippen LogP contribution < -0.4 is 10.5 Å². The van der Waals surface area contributed by atoms with Crippen LogP contribution in [-0.4, -0.2) is 29.1 Å². The van der Waals surface area contributed by atoms with Crippen molar-refractivity contribution in [3.8, 4) is 0 Å². The van der Waals surface area contributed by atoms with Crippen LogP contribution >= 0.6 is 0 Å². The minimum atomic E-state index is -0.938. The summed E-state index contributed by atoms with van der Waals surface area (Å²) >= 11 is 0. The van der Waals surface area contributed by atoms with Gasteiger partial charge in [0.15, 0.2) is 0 Å². The van der Waals surface area contributed by atoms with Crippen molar-refractivity contribution >= 4 is 22.6 Å². The Labute approximate surface area is 104 Å². The third-order valence-electron chi connectivity index (χ3n) is 3.06. The summed E-state index contributed by atoms with van der Waals surface area (Å²) in [5.74, 6) is -0.444. The molecule has 2 N–H and O–H groups in total. The lowest BCUT2D eigenvalue weighted by Crippen LogP contribution is -2.37. The lowest BCUT2D eigenvalue weighted by atomic mass is 10.1. The second-order valence-corrected chi connectivity index (χ2v) is 4.20. The number of aromatic amines is 1. The van der Waals surface area contributed by atoms with Crippen molar-refractivity contribution < 1.29 is 9.90 Å². The Hall–Kier alpha value is -2.30. The van der Waals surface area contributed by atoms with Crippen molar-refractivity contribution in [3.63, 3.8) is 0 Å². The zero-order chi connectivity index (χ0) is 13.3. The second-order valence-electron chi connectivity index (χ2n) is 4.20. The smallest absolute Gasteiger partial charge is 0.326 e. The molecule has 0 amide bonds. The highest BCUT2D eigenvalue weighted by Gasteiger charge is 2.18. The number of carboxylic acids is 1. The summed E-state index contributed by atoms with van der Waals surface area (Å²) in [6, 6.07) is 8.26. The number of nitrogens with zero attached hydrogens (tertiary/aromatic N) is 1. The molecule has 2 aromatic rings. The Balaban J connectivity index is 2.53. The summed E-state index contributed by atoms with van der Waals surface area (Å²) in [5, 5.41) is 10.3. The van der Waals surface area contributed by atoms with Gasteiger partial charge < -0.3 is 15.0 Å². The maximum absolute atomic E-state index is 11.9. The van der Waals surface area contributed by atoms with Gasteiger partial charge in [-0.1, -0.05) is 18.2 Å². The van der Waals surface area contributed by atoms with Crippen LogP contribution in [0.2, 0.25) is 0 Å². The van der Waals surface area contributed by atoms with E-state index in [1.807, 2.05) is 12.1 Å². The molecule has 18 heavy (non-hydrogen) atoms. The number of carbonyl (C=O) groups is 1. The molecule has 1 aromatic heterocycles. The average molecular weight is 246 g/mol. The van der Waals surface area contributed by atoms with E-state index < -0.39 is 12.0 Å². The van der Waals surface area contributed by atoms with Crippen molar-refractivity contribution in [1.82, 2.24) is 4.98 Å². The molecule has 5 nitrogen and oxygen atoms in total. The van der Waals surface area contributed by atoms with Crippen LogP contribution in [0.3, 0.4) is 0 Å². The monoisotopic (exact) mass is 246 g/mol. The van der Waals surface area contributed by atoms with Crippen LogP contribution in [0.4, 0.5) is 5.82 Å². The fourth-order valence-electron chi connectivity index (χ4n) is 1.76. The first kappa shape index (κ1) is 12.2. The van der Waals surface area contributed by atoms with E-state index in [2.05, 4.69) is 4.98 Å². The molecule has 0 radical (unpaired) electrons. The van der Waals surface area contributed by atoms with Crippen LogP contribution in [-0.2, 0) is 4.79 Å². The Bertz CT molecular complexity index is 648. The van der Waals surface area contributed by atoms with Gasteiger partial charge in [0.1, 0.15) is 11.9 Å². The number of hydrogen-bond donors (Lipinski definition) is 2. The summed E-state index contributed by atoms with van der Waals surface area (Å²) in [5.41, 5.74) is -0.215. The predicted octanol–water partition coefficient (Wildman–Crippen LogP) is 1.44. The molecule has 0 aliphatic carbocycles. The molecule has 1 aromatic carbocycles. The molecule has 0 saturated heterocycles. The molecule has 0 fully saturated rings. The van der Waals surface area contributed by atoms with Gasteiger partial charge in [0.2, 0.25) is 0 Å². The number of nitrogens with one attached hydrogen (secondary N) is 1. The van der Waals surface area contributed by atoms with Crippen molar-refractivity contribution in [2.24, 2.45) is 0 Å². The van der Waals surface area contributed by atoms with Crippen LogP contribution in [0.15, 0.2) is 35.1 Å². The molecule has 0 aliphatic heterocycles. The van der Waals surface area contributed by atoms with E-state index in [0.29, 0.717) is 11.2 Å². The van der Waals surface area contributed by atoms with Gasteiger partial charge in [0.25, 0.3) is 5.56 Å². The van der Waals surface area contributed by atoms with Gasteiger partial charge in [-0.2, -0.15) is 0 Å². The zero-order valence-corrected chi connectivity index (χ0v) is 10.2. The van der Waals surface area contributed by atoms with Crippen LogP contribution in [0.1, 0.15) is 6.92 Å². The van der Waals surface area contributed by atoms with Crippen molar-refractivity contribution in [2.45, 2.75) is 13.0 Å². The fourth-order valence-corrected chi connectivity index (χ4v) is 1.76. The van der Waals surface area contributed by atoms with E-state index in [4.69, 9.17) is 5.11 Å². The van der Waals surface area contributed by atoms with Gasteiger partial charge in [-0.15, -0.1) is 0 Å². The molecule has 0 bridgehead atoms. The SMILES string of the molecule is CC(C(=O)O)N(C)c1cc2ccccc2c(=O)[nH]1. The third-order valence-corrected chi connectivity index (χ3v) is 3.06. The number of rotatable bonds is 3. The quantitative estimate of drug-likeness (QED) is 0.859. The molecular weight excluding hydrogens is 232 g/mol. The summed E-state index contributed by atoms with van der Waals surface area (Å²) < 4.78 is 0. The molecule has 2 rings (SSSR count). The number of anilines is 1. The minimum Gasteiger partial charge on any atom is -0.480 e. The largest absolute Gasteiger partial charge is 0.480 e. The normalized spacial score (nSPS) is 12.3. The molecule has 1 atom stereocenters. The van der Waals surface area contributed by atoms with Crippen molar-refractivity contribution in [1.29, 1.82) is 0 Å². The lowest BCUT2D eigenvalue weighted by Gasteiger charge is -2.23. The van der Waals surface area contributed by atoms with Gasteiger partial charge in [0, 0.05) is 12.4 Å². The average Bonchev–Trinajstić information content (AvgIpc) is 2.36. The van der Waals surface area contributed by atoms with Crippen LogP contribution in [0.25, 0.3) is 10.8 Å². The van der Waals surface area contributed by atoms with Gasteiger partial charge in [-0.25, -0.2) is 4.79 Å². The number of pyridine rings is 1. The number of likely N-dealkylation sites (N-methyl/N-ethyl adjacent to an activating group) is 1. The summed E-state index contributed by atoms with van der Waals surface area (Å²) in [7, 11) is 1.64. The highest BCUT2D eigenvalue weighted by Crippen LogP contribution is 2.16. The first-order valence-electron chi connectivity index (χ1n) is 5.58. The Morgan fingerprint density at radius 3 is 2.72 bits per heavy atom. The highest BCUT2D eigenvalue weighted by atomic mass is 16.4. The van der Waals surface area contributed by atoms with E-state index >= 15 is 0 Å². The highest BCUT2D eigenvalue weighted by molar-refractivity contribution is 5.85. The van der Waals surface area contributed by atoms with Gasteiger partial charge in [0.05, 0.1) is 0 Å². The van der Waals surface area contributed by atoms with Crippen molar-refractivity contribution in [3.05, 3.63) is 40.7 Å². The Morgan fingerprint density at radius 2 is 2.06 bits per heavy atom. The molecule has 0 spiro atoms. The number of carboxylic acid groups (broad SMARTS) is 1. The summed E-state index contributed by atoms with van der Waals surface area (Å²) in [4.78, 5) is 27.0. The first-order chi connectivity index (χ1) is 8.50. The lowest BCUT2D eigenvalue weighted by molar-refractivity contribution is -0.138. The molecule has 94 valence electrons. The molecule has 5 heteroatoms. The Morgan fingerprint density at radius 1 is 1.39 bits per heavy atom. The van der Waals surface area contributed by atoms with E-state index in [1.54, 1.807) is 32.2 Å². The molecular formula is C13H14N2O3. The number of aliphatic carboxylic acids is 1. The van der Waals surface area contributed by atoms with Crippen LogP contribution in [0.5, 0.6) is 0 Å². The number of aromatic nitrogens is 1. The van der Waals surface area contributed by atoms with E-state index in [0.717, 1.165) is 5.39 Å². The van der Waals surface area contributed by atoms with Crippen LogP contribution in [0, 0.1) is 0 Å². The standard InChI is InChI=1S/C13H14N2O3/c1-8(13(17)18)15(2)11-7-9-5-3-4-6-10(9)12(16)14-11/h3-8H,1-2H3,(H,14,16)(H,17,18). The third kappa shape index (κ3) is 2.07. The predicted molar refractivity (Wildman–Crippen MR) is 70.1 cm³/mol. The molecule has 1 heterocycles. The molecule has 0 saturated carbocycles. The first-order valence-corrected chi connectivity index (χ1v) is 5.58. The van der Waals surface area contributed by atoms with E-state index in [-0.39, 0.29) is 5.56 Å². The number of hydrogen-bond acceptors (Lipinski definition) is 3. The Kier molecular flexibility index (Phi) is 3.06. The number of benzene rings is 1. The number of H-pyrrole nitrogens is 1. The maximum atomic E-state index is 11.9. The maximum Gasteiger partial charge on any atom is 0.326 e. The molecule has 1 unspecified atom stereocenters. The van der Waals surface area contributed by atoms with Gasteiger partial charge >= 0.3 is 5.97 Å². The van der Waals surface area contributed by atoms with E-state index in [9.17, 15) is 9.59 Å². The zero-order valence-electron chi connectivity index (χ0n) is 10.2. The fraction of sp³-hybridized carbons (Fsp3) is 0.231. The van der Waals surface area contributed by atoms with E-state index in [1.165, 1.54) is 4.90 Å². The number of fused-ring (bicyclic) bond motifs is 1. The summed E-state index contributed by atoms with van der Waals surface area (Å²) in [6.45, 7) is 1.57. The van der Waals surface area contributed by atoms with Gasteiger partial charge in [-0.05, 0) is 24.4 Å². The van der Waals surface area contributed by atoms with Crippen molar-refractivity contribution in [2.75, 3.05) is 11.9 Å².